The summed E-state index contributed by atoms with van der Waals surface area (Å²) >= 11 is 0. The zero-order valence-electron chi connectivity index (χ0n) is 9.38. The first kappa shape index (κ1) is 10.8. The first-order valence-corrected chi connectivity index (χ1v) is 5.44. The molecule has 0 saturated heterocycles. The monoisotopic (exact) mass is 214 g/mol. The quantitative estimate of drug-likeness (QED) is 0.776. The van der Waals surface area contributed by atoms with Crippen LogP contribution in [0.2, 0.25) is 0 Å². The highest BCUT2D eigenvalue weighted by molar-refractivity contribution is 5.16. The molecule has 16 heavy (non-hydrogen) atoms. The third-order valence-electron chi connectivity index (χ3n) is 2.63. The molecule has 2 nitrogen and oxygen atoms in total. The summed E-state index contributed by atoms with van der Waals surface area (Å²) in [5, 5.41) is 10.0. The molecular weight excluding hydrogens is 198 g/mol. The smallest absolute Gasteiger partial charge is 0.178 e. The minimum Gasteiger partial charge on any atom is -0.382 e. The SMILES string of the molecule is Cc1cc[n+](C[C@@H](O)c2ccccc2)cc1. The van der Waals surface area contributed by atoms with Crippen LogP contribution in [0.3, 0.4) is 0 Å². The van der Waals surface area contributed by atoms with Crippen molar-refractivity contribution >= 4 is 0 Å². The van der Waals surface area contributed by atoms with Gasteiger partial charge >= 0.3 is 0 Å². The van der Waals surface area contributed by atoms with Crippen LogP contribution in [0.15, 0.2) is 54.9 Å². The molecule has 2 aromatic rings. The van der Waals surface area contributed by atoms with Gasteiger partial charge in [-0.2, -0.15) is 0 Å². The Hall–Kier alpha value is -1.67. The normalized spacial score (nSPS) is 12.4. The molecule has 0 bridgehead atoms. The largest absolute Gasteiger partial charge is 0.382 e. The third-order valence-corrected chi connectivity index (χ3v) is 2.63. The molecule has 82 valence electrons. The fourth-order valence-electron chi connectivity index (χ4n) is 1.63. The summed E-state index contributed by atoms with van der Waals surface area (Å²) < 4.78 is 1.99. The number of hydrogen-bond donors (Lipinski definition) is 1. The number of hydrogen-bond acceptors (Lipinski definition) is 1. The molecule has 0 radical (unpaired) electrons. The molecule has 0 fully saturated rings. The van der Waals surface area contributed by atoms with Crippen LogP contribution < -0.4 is 4.57 Å². The van der Waals surface area contributed by atoms with Crippen LogP contribution in [0.25, 0.3) is 0 Å². The molecule has 1 aromatic heterocycles. The van der Waals surface area contributed by atoms with E-state index >= 15 is 0 Å². The van der Waals surface area contributed by atoms with E-state index < -0.39 is 6.10 Å². The summed E-state index contributed by atoms with van der Waals surface area (Å²) in [6, 6.07) is 13.8. The van der Waals surface area contributed by atoms with Gasteiger partial charge in [-0.15, -0.1) is 0 Å². The standard InChI is InChI=1S/C14H16NO/c1-12-7-9-15(10-8-12)11-14(16)13-5-3-2-4-6-13/h2-10,14,16H,11H2,1H3/q+1/t14-/m1/s1. The summed E-state index contributed by atoms with van der Waals surface area (Å²) in [4.78, 5) is 0. The van der Waals surface area contributed by atoms with Crippen molar-refractivity contribution in [1.82, 2.24) is 0 Å². The van der Waals surface area contributed by atoms with Gasteiger partial charge in [-0.05, 0) is 18.1 Å². The zero-order chi connectivity index (χ0) is 11.4. The minimum atomic E-state index is -0.450. The number of aliphatic hydroxyl groups is 1. The Morgan fingerprint density at radius 3 is 2.31 bits per heavy atom. The topological polar surface area (TPSA) is 24.1 Å². The van der Waals surface area contributed by atoms with E-state index in [2.05, 4.69) is 6.92 Å². The van der Waals surface area contributed by atoms with Crippen molar-refractivity contribution in [1.29, 1.82) is 0 Å². The van der Waals surface area contributed by atoms with Crippen molar-refractivity contribution in [3.05, 3.63) is 66.0 Å². The molecule has 0 amide bonds. The van der Waals surface area contributed by atoms with Gasteiger partial charge in [-0.1, -0.05) is 30.3 Å². The van der Waals surface area contributed by atoms with Crippen LogP contribution in [-0.4, -0.2) is 5.11 Å². The van der Waals surface area contributed by atoms with Crippen LogP contribution in [0.1, 0.15) is 17.2 Å². The summed E-state index contributed by atoms with van der Waals surface area (Å²) in [6.45, 7) is 2.64. The van der Waals surface area contributed by atoms with Crippen LogP contribution in [0.4, 0.5) is 0 Å². The predicted molar refractivity (Wildman–Crippen MR) is 62.8 cm³/mol. The zero-order valence-corrected chi connectivity index (χ0v) is 9.38. The number of aliphatic hydroxyl groups excluding tert-OH is 1. The second-order valence-corrected chi connectivity index (χ2v) is 4.00. The molecule has 0 aliphatic rings. The van der Waals surface area contributed by atoms with Gasteiger partial charge < -0.3 is 5.11 Å². The number of nitrogens with zero attached hydrogens (tertiary/aromatic N) is 1. The third kappa shape index (κ3) is 2.67. The van der Waals surface area contributed by atoms with Gasteiger partial charge in [0.25, 0.3) is 0 Å². The van der Waals surface area contributed by atoms with Crippen LogP contribution in [0.5, 0.6) is 0 Å². The molecule has 0 unspecified atom stereocenters. The van der Waals surface area contributed by atoms with Crippen molar-refractivity contribution in [3.63, 3.8) is 0 Å². The van der Waals surface area contributed by atoms with Gasteiger partial charge in [-0.25, -0.2) is 4.57 Å². The average Bonchev–Trinajstić information content (AvgIpc) is 2.33. The molecule has 1 atom stereocenters. The Morgan fingerprint density at radius 1 is 1.06 bits per heavy atom. The molecule has 1 aromatic carbocycles. The minimum absolute atomic E-state index is 0.450. The van der Waals surface area contributed by atoms with E-state index in [9.17, 15) is 5.11 Å². The van der Waals surface area contributed by atoms with Crippen molar-refractivity contribution in [2.24, 2.45) is 0 Å². The molecule has 1 heterocycles. The second-order valence-electron chi connectivity index (χ2n) is 4.00. The highest BCUT2D eigenvalue weighted by Crippen LogP contribution is 2.11. The molecule has 0 saturated carbocycles. The van der Waals surface area contributed by atoms with E-state index in [1.54, 1.807) is 0 Å². The van der Waals surface area contributed by atoms with Crippen LogP contribution in [0, 0.1) is 6.92 Å². The highest BCUT2D eigenvalue weighted by Gasteiger charge is 2.12. The van der Waals surface area contributed by atoms with Crippen molar-refractivity contribution in [3.8, 4) is 0 Å². The summed E-state index contributed by atoms with van der Waals surface area (Å²) in [6.07, 6.45) is 3.53. The van der Waals surface area contributed by atoms with E-state index in [0.717, 1.165) is 5.56 Å². The summed E-state index contributed by atoms with van der Waals surface area (Å²) in [5.41, 5.74) is 2.18. The fraction of sp³-hybridized carbons (Fsp3) is 0.214. The Labute approximate surface area is 95.8 Å². The number of pyridine rings is 1. The van der Waals surface area contributed by atoms with Crippen LogP contribution >= 0.6 is 0 Å². The lowest BCUT2D eigenvalue weighted by atomic mass is 10.1. The summed E-state index contributed by atoms with van der Waals surface area (Å²) in [5.74, 6) is 0. The van der Waals surface area contributed by atoms with Crippen LogP contribution in [-0.2, 0) is 6.54 Å². The second kappa shape index (κ2) is 4.90. The lowest BCUT2D eigenvalue weighted by Gasteiger charge is -2.07. The van der Waals surface area contributed by atoms with E-state index in [-0.39, 0.29) is 0 Å². The maximum Gasteiger partial charge on any atom is 0.178 e. The summed E-state index contributed by atoms with van der Waals surface area (Å²) in [7, 11) is 0. The lowest BCUT2D eigenvalue weighted by Crippen LogP contribution is -2.35. The van der Waals surface area contributed by atoms with E-state index in [1.807, 2.05) is 59.4 Å². The van der Waals surface area contributed by atoms with Gasteiger partial charge in [0.2, 0.25) is 0 Å². The van der Waals surface area contributed by atoms with Gasteiger partial charge in [0, 0.05) is 12.1 Å². The van der Waals surface area contributed by atoms with Gasteiger partial charge in [0.05, 0.1) is 0 Å². The molecular formula is C14H16NO+. The van der Waals surface area contributed by atoms with Gasteiger partial charge in [0.1, 0.15) is 6.10 Å². The van der Waals surface area contributed by atoms with Gasteiger partial charge in [-0.3, -0.25) is 0 Å². The van der Waals surface area contributed by atoms with E-state index in [4.69, 9.17) is 0 Å². The van der Waals surface area contributed by atoms with E-state index in [1.165, 1.54) is 5.56 Å². The molecule has 1 N–H and O–H groups in total. The molecule has 0 aliphatic carbocycles. The average molecular weight is 214 g/mol. The highest BCUT2D eigenvalue weighted by atomic mass is 16.3. The van der Waals surface area contributed by atoms with Gasteiger partial charge in [0.15, 0.2) is 18.9 Å². The Morgan fingerprint density at radius 2 is 1.69 bits per heavy atom. The molecule has 2 heteroatoms. The van der Waals surface area contributed by atoms with Crippen molar-refractivity contribution < 1.29 is 9.67 Å². The fourth-order valence-corrected chi connectivity index (χ4v) is 1.63. The lowest BCUT2D eigenvalue weighted by molar-refractivity contribution is -0.704. The number of aryl methyl sites for hydroxylation is 1. The molecule has 2 rings (SSSR count). The van der Waals surface area contributed by atoms with E-state index in [0.29, 0.717) is 6.54 Å². The Bertz CT molecular complexity index is 436. The number of aromatic nitrogens is 1. The first-order chi connectivity index (χ1) is 7.75. The number of benzene rings is 1. The molecule has 0 aliphatic heterocycles. The predicted octanol–water partition coefficient (Wildman–Crippen LogP) is 2.02. The number of rotatable bonds is 3. The Kier molecular flexibility index (Phi) is 3.32. The maximum atomic E-state index is 10.0. The van der Waals surface area contributed by atoms with Crippen molar-refractivity contribution in [2.75, 3.05) is 0 Å². The Balaban J connectivity index is 2.08. The maximum absolute atomic E-state index is 10.0. The van der Waals surface area contributed by atoms with Crippen molar-refractivity contribution in [2.45, 2.75) is 19.6 Å². The molecule has 0 spiro atoms. The first-order valence-electron chi connectivity index (χ1n) is 5.44.